The smallest absolute Gasteiger partial charge is 0.363 e. The fraction of sp³-hybridized carbons (Fsp3) is 0.174. The van der Waals surface area contributed by atoms with Crippen molar-refractivity contribution in [2.75, 3.05) is 0 Å². The first-order valence-electron chi connectivity index (χ1n) is 9.38. The highest BCUT2D eigenvalue weighted by Crippen LogP contribution is 2.21. The Morgan fingerprint density at radius 1 is 1.10 bits per heavy atom. The Kier molecular flexibility index (Phi) is 5.32. The number of aliphatic imine (C=N–C) groups is 1. The molecule has 4 rings (SSSR count). The molecule has 0 saturated heterocycles. The van der Waals surface area contributed by atoms with E-state index in [0.29, 0.717) is 21.6 Å². The van der Waals surface area contributed by atoms with E-state index in [4.69, 9.17) is 20.8 Å². The van der Waals surface area contributed by atoms with Gasteiger partial charge in [0.15, 0.2) is 11.1 Å². The fourth-order valence-electron chi connectivity index (χ4n) is 3.09. The summed E-state index contributed by atoms with van der Waals surface area (Å²) in [6.07, 6.45) is 5.94. The van der Waals surface area contributed by atoms with Gasteiger partial charge in [-0.3, -0.25) is 4.79 Å². The van der Waals surface area contributed by atoms with Crippen LogP contribution in [0.25, 0.3) is 17.0 Å². The molecule has 2 heterocycles. The second-order valence-electron chi connectivity index (χ2n) is 6.80. The predicted molar refractivity (Wildman–Crippen MR) is 113 cm³/mol. The van der Waals surface area contributed by atoms with Gasteiger partial charge in [-0.1, -0.05) is 37.1 Å². The summed E-state index contributed by atoms with van der Waals surface area (Å²) in [5, 5.41) is 0.766. The maximum Gasteiger partial charge on any atom is 0.363 e. The van der Waals surface area contributed by atoms with Crippen LogP contribution in [0.2, 0.25) is 5.02 Å². The van der Waals surface area contributed by atoms with E-state index >= 15 is 0 Å². The number of aryl methyl sites for hydroxylation is 1. The number of fused-ring (bicyclic) bond motifs is 1. The van der Waals surface area contributed by atoms with Crippen LogP contribution in [0.15, 0.2) is 68.6 Å². The molecule has 1 aliphatic rings. The van der Waals surface area contributed by atoms with Crippen molar-refractivity contribution in [3.8, 4) is 0 Å². The Hall–Kier alpha value is -3.18. The van der Waals surface area contributed by atoms with E-state index in [9.17, 15) is 9.59 Å². The van der Waals surface area contributed by atoms with Crippen LogP contribution in [0.1, 0.15) is 36.5 Å². The Labute approximate surface area is 172 Å². The lowest BCUT2D eigenvalue weighted by Gasteiger charge is -2.02. The van der Waals surface area contributed by atoms with E-state index in [-0.39, 0.29) is 22.6 Å². The van der Waals surface area contributed by atoms with Crippen molar-refractivity contribution in [2.24, 2.45) is 4.99 Å². The van der Waals surface area contributed by atoms with Crippen LogP contribution in [0.5, 0.6) is 0 Å². The number of unbranched alkanes of at least 4 members (excludes halogenated alkanes) is 1. The average molecular weight is 408 g/mol. The molecule has 2 aromatic carbocycles. The van der Waals surface area contributed by atoms with Gasteiger partial charge in [-0.25, -0.2) is 9.79 Å². The number of hydrogen-bond acceptors (Lipinski definition) is 5. The minimum absolute atomic E-state index is 0.0451. The molecule has 1 aromatic heterocycles. The topological polar surface area (TPSA) is 68.9 Å². The van der Waals surface area contributed by atoms with Crippen LogP contribution < -0.4 is 5.43 Å². The molecule has 0 amide bonds. The number of benzene rings is 2. The van der Waals surface area contributed by atoms with E-state index in [2.05, 4.69) is 11.9 Å². The first-order valence-corrected chi connectivity index (χ1v) is 9.76. The second kappa shape index (κ2) is 8.05. The zero-order valence-corrected chi connectivity index (χ0v) is 16.5. The Morgan fingerprint density at radius 2 is 1.90 bits per heavy atom. The number of rotatable bonds is 5. The molecule has 0 aliphatic carbocycles. The highest BCUT2D eigenvalue weighted by Gasteiger charge is 2.24. The standard InChI is InChI=1S/C23H18ClNO4/c1-2-3-4-14-5-7-15(8-6-14)22-25-19(23(27)29-22)11-16-13-28-20-10-9-17(24)12-18(20)21(16)26/h5-13H,2-4H2,1H3/b19-11-. The van der Waals surface area contributed by atoms with Gasteiger partial charge in [-0.15, -0.1) is 0 Å². The van der Waals surface area contributed by atoms with Crippen molar-refractivity contribution in [1.82, 2.24) is 0 Å². The zero-order valence-electron chi connectivity index (χ0n) is 15.8. The van der Waals surface area contributed by atoms with Crippen molar-refractivity contribution in [3.05, 3.63) is 86.4 Å². The monoisotopic (exact) mass is 407 g/mol. The van der Waals surface area contributed by atoms with Crippen molar-refractivity contribution in [3.63, 3.8) is 0 Å². The van der Waals surface area contributed by atoms with Gasteiger partial charge in [0.25, 0.3) is 0 Å². The molecule has 6 heteroatoms. The fourth-order valence-corrected chi connectivity index (χ4v) is 3.26. The molecule has 0 unspecified atom stereocenters. The van der Waals surface area contributed by atoms with Crippen LogP contribution in [-0.4, -0.2) is 11.9 Å². The zero-order chi connectivity index (χ0) is 20.4. The number of halogens is 1. The number of cyclic esters (lactones) is 1. The van der Waals surface area contributed by atoms with Crippen LogP contribution in [0, 0.1) is 0 Å². The summed E-state index contributed by atoms with van der Waals surface area (Å²) in [4.78, 5) is 29.2. The number of esters is 1. The van der Waals surface area contributed by atoms with E-state index < -0.39 is 5.97 Å². The average Bonchev–Trinajstić information content (AvgIpc) is 3.09. The first-order chi connectivity index (χ1) is 14.0. The van der Waals surface area contributed by atoms with Gasteiger partial charge in [0, 0.05) is 10.6 Å². The van der Waals surface area contributed by atoms with Gasteiger partial charge in [-0.2, -0.15) is 0 Å². The van der Waals surface area contributed by atoms with Gasteiger partial charge >= 0.3 is 5.97 Å². The second-order valence-corrected chi connectivity index (χ2v) is 7.23. The molecule has 0 atom stereocenters. The largest absolute Gasteiger partial charge is 0.463 e. The molecule has 0 fully saturated rings. The van der Waals surface area contributed by atoms with Crippen LogP contribution in [0.4, 0.5) is 0 Å². The summed E-state index contributed by atoms with van der Waals surface area (Å²) in [7, 11) is 0. The van der Waals surface area contributed by atoms with Crippen molar-refractivity contribution >= 4 is 40.5 Å². The molecule has 0 N–H and O–H groups in total. The maximum absolute atomic E-state index is 12.7. The SMILES string of the molecule is CCCCc1ccc(C2=N/C(=C\c3coc4ccc(Cl)cc4c3=O)C(=O)O2)cc1. The number of ether oxygens (including phenoxy) is 1. The van der Waals surface area contributed by atoms with Gasteiger partial charge in [0.2, 0.25) is 5.90 Å². The van der Waals surface area contributed by atoms with Crippen LogP contribution in [0.3, 0.4) is 0 Å². The number of carbonyl (C=O) groups excluding carboxylic acids is 1. The molecule has 3 aromatic rings. The normalized spacial score (nSPS) is 15.0. The lowest BCUT2D eigenvalue weighted by Crippen LogP contribution is -2.07. The predicted octanol–water partition coefficient (Wildman–Crippen LogP) is 5.13. The molecular weight excluding hydrogens is 390 g/mol. The van der Waals surface area contributed by atoms with Crippen molar-refractivity contribution in [1.29, 1.82) is 0 Å². The van der Waals surface area contributed by atoms with Gasteiger partial charge < -0.3 is 9.15 Å². The summed E-state index contributed by atoms with van der Waals surface area (Å²) in [6.45, 7) is 2.15. The van der Waals surface area contributed by atoms with Crippen molar-refractivity contribution < 1.29 is 13.9 Å². The molecular formula is C23H18ClNO4. The third-order valence-electron chi connectivity index (χ3n) is 4.69. The first kappa shape index (κ1) is 19.2. The summed E-state index contributed by atoms with van der Waals surface area (Å²) >= 11 is 5.97. The molecule has 146 valence electrons. The summed E-state index contributed by atoms with van der Waals surface area (Å²) in [5.74, 6) is -0.392. The lowest BCUT2D eigenvalue weighted by molar-refractivity contribution is -0.129. The van der Waals surface area contributed by atoms with Crippen LogP contribution >= 0.6 is 11.6 Å². The van der Waals surface area contributed by atoms with E-state index in [1.807, 2.05) is 24.3 Å². The van der Waals surface area contributed by atoms with E-state index in [0.717, 1.165) is 19.3 Å². The number of carbonyl (C=O) groups is 1. The Bertz CT molecular complexity index is 1210. The minimum atomic E-state index is -0.611. The van der Waals surface area contributed by atoms with E-state index in [1.165, 1.54) is 24.0 Å². The lowest BCUT2D eigenvalue weighted by atomic mass is 10.1. The Morgan fingerprint density at radius 3 is 2.66 bits per heavy atom. The molecule has 1 aliphatic heterocycles. The summed E-state index contributed by atoms with van der Waals surface area (Å²) < 4.78 is 10.8. The van der Waals surface area contributed by atoms with E-state index in [1.54, 1.807) is 12.1 Å². The minimum Gasteiger partial charge on any atom is -0.463 e. The molecule has 0 radical (unpaired) electrons. The molecule has 0 spiro atoms. The highest BCUT2D eigenvalue weighted by atomic mass is 35.5. The molecule has 0 bridgehead atoms. The van der Waals surface area contributed by atoms with Crippen molar-refractivity contribution in [2.45, 2.75) is 26.2 Å². The number of nitrogens with zero attached hydrogens (tertiary/aromatic N) is 1. The van der Waals surface area contributed by atoms with Crippen LogP contribution in [-0.2, 0) is 16.0 Å². The molecule has 29 heavy (non-hydrogen) atoms. The Balaban J connectivity index is 1.65. The molecule has 5 nitrogen and oxygen atoms in total. The van der Waals surface area contributed by atoms with Gasteiger partial charge in [0.05, 0.1) is 10.9 Å². The third kappa shape index (κ3) is 4.00. The summed E-state index contributed by atoms with van der Waals surface area (Å²) in [5.41, 5.74) is 2.30. The van der Waals surface area contributed by atoms with Gasteiger partial charge in [0.1, 0.15) is 11.8 Å². The summed E-state index contributed by atoms with van der Waals surface area (Å²) in [6, 6.07) is 12.6. The molecule has 0 saturated carbocycles. The van der Waals surface area contributed by atoms with Gasteiger partial charge in [-0.05, 0) is 54.8 Å². The number of hydrogen-bond donors (Lipinski definition) is 0. The third-order valence-corrected chi connectivity index (χ3v) is 4.93. The maximum atomic E-state index is 12.7. The highest BCUT2D eigenvalue weighted by molar-refractivity contribution is 6.31. The quantitative estimate of drug-likeness (QED) is 0.434.